The molecule has 0 amide bonds. The fraction of sp³-hybridized carbons (Fsp3) is 0.773. The minimum absolute atomic E-state index is 0.833. The number of ether oxygens (including phenoxy) is 17. The summed E-state index contributed by atoms with van der Waals surface area (Å²) in [6, 6.07) is -2.16. The first kappa shape index (κ1) is 63.5. The molecule has 4 saturated heterocycles. The number of azide groups is 1. The van der Waals surface area contributed by atoms with Gasteiger partial charge in [0.05, 0.1) is 12.2 Å². The average Bonchev–Trinajstić information content (AvgIpc) is 3.29. The van der Waals surface area contributed by atoms with Crippen LogP contribution in [0.3, 0.4) is 0 Å². The number of hydrogen-bond donors (Lipinski definition) is 0. The first-order valence-corrected chi connectivity index (χ1v) is 23.6. The molecular formula is C44H60N4O30. The van der Waals surface area contributed by atoms with E-state index in [2.05, 4.69) is 10.0 Å². The van der Waals surface area contributed by atoms with Crippen LogP contribution in [-0.4, -0.2) is 201 Å². The molecule has 4 aliphatic rings. The first-order valence-electron chi connectivity index (χ1n) is 23.6. The molecule has 78 heavy (non-hydrogen) atoms. The normalized spacial score (nSPS) is 34.3. The second kappa shape index (κ2) is 28.5. The molecule has 0 radical (unpaired) electrons. The summed E-state index contributed by atoms with van der Waals surface area (Å²) in [5.74, 6) is -10.0. The molecule has 10 unspecified atom stereocenters. The largest absolute Gasteiger partial charge is 0.463 e. The average molecular weight is 1120 g/mol. The summed E-state index contributed by atoms with van der Waals surface area (Å²) in [5, 5.41) is 14.3. The van der Waals surface area contributed by atoms with Crippen molar-refractivity contribution in [3.05, 3.63) is 20.6 Å². The minimum Gasteiger partial charge on any atom is -0.463 e. The lowest BCUT2D eigenvalue weighted by Crippen LogP contribution is -2.69. The van der Waals surface area contributed by atoms with Gasteiger partial charge in [0.2, 0.25) is 6.29 Å². The van der Waals surface area contributed by atoms with E-state index in [9.17, 15) is 63.6 Å². The van der Waals surface area contributed by atoms with Crippen LogP contribution in [0.5, 0.6) is 0 Å². The van der Waals surface area contributed by atoms with Crippen molar-refractivity contribution >= 4 is 59.7 Å². The van der Waals surface area contributed by atoms with E-state index >= 15 is 0 Å². The molecule has 34 nitrogen and oxygen atoms in total. The molecule has 20 atom stereocenters. The Morgan fingerprint density at radius 1 is 0.423 bits per heavy atom. The summed E-state index contributed by atoms with van der Waals surface area (Å²) in [5.41, 5.74) is 9.97. The molecule has 4 heterocycles. The number of carbonyl (C=O) groups excluding carboxylic acids is 10. The highest BCUT2D eigenvalue weighted by Crippen LogP contribution is 2.40. The third kappa shape index (κ3) is 17.7. The zero-order valence-electron chi connectivity index (χ0n) is 44.0. The van der Waals surface area contributed by atoms with Crippen molar-refractivity contribution in [2.24, 2.45) is 5.11 Å². The zero-order chi connectivity index (χ0) is 58.5. The van der Waals surface area contributed by atoms with Crippen molar-refractivity contribution in [2.45, 2.75) is 206 Å². The van der Waals surface area contributed by atoms with Crippen molar-refractivity contribution in [2.75, 3.05) is 13.2 Å². The molecule has 0 spiro atoms. The van der Waals surface area contributed by atoms with Gasteiger partial charge >= 0.3 is 59.7 Å². The monoisotopic (exact) mass is 1120 g/mol. The van der Waals surface area contributed by atoms with Crippen LogP contribution in [0.4, 0.5) is 0 Å². The van der Waals surface area contributed by atoms with E-state index in [4.69, 9.17) is 85.4 Å². The topological polar surface area (TPSA) is 429 Å². The molecular weight excluding hydrogens is 1060 g/mol. The van der Waals surface area contributed by atoms with Crippen molar-refractivity contribution in [3.63, 3.8) is 0 Å². The summed E-state index contributed by atoms with van der Waals surface area (Å²) in [7, 11) is 0. The Kier molecular flexibility index (Phi) is 23.2. The Morgan fingerprint density at radius 3 is 1.10 bits per heavy atom. The molecule has 0 aromatic carbocycles. The molecule has 436 valence electrons. The van der Waals surface area contributed by atoms with Crippen molar-refractivity contribution in [1.82, 2.24) is 0 Å². The van der Waals surface area contributed by atoms with Gasteiger partial charge in [-0.15, -0.1) is 10.1 Å². The molecule has 4 rings (SSSR count). The highest BCUT2D eigenvalue weighted by atomic mass is 17.0. The maximum atomic E-state index is 13.1. The number of hydrogen-bond acceptors (Lipinski definition) is 31. The number of nitrogens with zero attached hydrogens (tertiary/aromatic N) is 4. The smallest absolute Gasteiger partial charge is 0.303 e. The standard InChI is InChI=1S/C44H60N4O30/c1-15-30(65-19(5)51)35(68-22(8)54)38(71-25(11)57)42(63-15)76-34-29(46-47-45)41(78-48(59)60)73-27(13-61-17(3)49)32(34)75-44-40(37(70-24(10)56)33(67-21(7)53)28(74-44)14-62-18(4)50)77-43-39(72-26(12)58)36(69-23(9)55)31(16(2)64-43)66-20(6)52/h15-16,27-44H,13-14H2,1-12H3/t15?,16?,27?,28?,29?,30-,31-,32-,33+,34-,35?,36?,37+,38+,39+,40?,41?,42+,43?,44+/m1/s1. The van der Waals surface area contributed by atoms with Crippen molar-refractivity contribution in [3.8, 4) is 0 Å². The summed E-state index contributed by atoms with van der Waals surface area (Å²) in [4.78, 5) is 146. The van der Waals surface area contributed by atoms with E-state index < -0.39 is 201 Å². The van der Waals surface area contributed by atoms with Crippen LogP contribution in [0.25, 0.3) is 10.4 Å². The fourth-order valence-electron chi connectivity index (χ4n) is 8.65. The predicted octanol–water partition coefficient (Wildman–Crippen LogP) is -0.452. The Labute approximate surface area is 442 Å². The summed E-state index contributed by atoms with van der Waals surface area (Å²) in [6.45, 7) is 10.4. The van der Waals surface area contributed by atoms with Gasteiger partial charge in [-0.3, -0.25) is 52.8 Å². The van der Waals surface area contributed by atoms with Crippen LogP contribution >= 0.6 is 0 Å². The van der Waals surface area contributed by atoms with Crippen LogP contribution in [-0.2, 0) is 133 Å². The minimum atomic E-state index is -2.32. The lowest BCUT2D eigenvalue weighted by Gasteiger charge is -2.51. The van der Waals surface area contributed by atoms with Gasteiger partial charge in [0.1, 0.15) is 43.7 Å². The molecule has 0 aromatic rings. The SMILES string of the molecule is CC(=O)OCC1OC(O[N+](=O)[O-])C(N=[N+]=[N-])[C@@H](O[C@@H]2OC(C)[C@@H](OC(C)=O)C(OC(C)=O)[C@@H]2OC(C)=O)[C@@H]1O[C@@H]1OC(COC(C)=O)[C@H](OC(C)=O)[C@H](OC(C)=O)C1OC1OC(C)[C@@H](OC(C)=O)C(OC(C)=O)[C@@H]1OC(C)=O. The van der Waals surface area contributed by atoms with E-state index in [1.807, 2.05) is 0 Å². The number of esters is 10. The Balaban J connectivity index is 2.07. The Hall–Kier alpha value is -7.07. The number of rotatable bonds is 21. The predicted molar refractivity (Wildman–Crippen MR) is 239 cm³/mol. The second-order valence-electron chi connectivity index (χ2n) is 17.5. The van der Waals surface area contributed by atoms with Crippen molar-refractivity contribution < 1.29 is 138 Å². The van der Waals surface area contributed by atoms with E-state index in [1.54, 1.807) is 0 Å². The zero-order valence-corrected chi connectivity index (χ0v) is 44.0. The molecule has 0 bridgehead atoms. The second-order valence-corrected chi connectivity index (χ2v) is 17.5. The summed E-state index contributed by atoms with van der Waals surface area (Å²) >= 11 is 0. The molecule has 0 aliphatic carbocycles. The quantitative estimate of drug-likeness (QED) is 0.0267. The maximum absolute atomic E-state index is 13.1. The van der Waals surface area contributed by atoms with E-state index in [1.165, 1.54) is 13.8 Å². The van der Waals surface area contributed by atoms with Gasteiger partial charge in [-0.25, -0.2) is 0 Å². The Morgan fingerprint density at radius 2 is 0.731 bits per heavy atom. The van der Waals surface area contributed by atoms with Crippen LogP contribution in [0, 0.1) is 10.1 Å². The highest BCUT2D eigenvalue weighted by molar-refractivity contribution is 5.70. The van der Waals surface area contributed by atoms with Crippen molar-refractivity contribution in [1.29, 1.82) is 0 Å². The van der Waals surface area contributed by atoms with Gasteiger partial charge in [-0.1, -0.05) is 5.11 Å². The lowest BCUT2D eigenvalue weighted by molar-refractivity contribution is -0.783. The van der Waals surface area contributed by atoms with Gasteiger partial charge in [0.25, 0.3) is 5.09 Å². The van der Waals surface area contributed by atoms with Gasteiger partial charge in [0.15, 0.2) is 73.8 Å². The van der Waals surface area contributed by atoms with Gasteiger partial charge in [0, 0.05) is 74.1 Å². The summed E-state index contributed by atoms with van der Waals surface area (Å²) in [6.07, 6.45) is -35.8. The number of carbonyl (C=O) groups is 10. The molecule has 4 fully saturated rings. The molecule has 0 aromatic heterocycles. The van der Waals surface area contributed by atoms with Crippen LogP contribution in [0.15, 0.2) is 5.11 Å². The lowest BCUT2D eigenvalue weighted by atomic mass is 9.94. The summed E-state index contributed by atoms with van der Waals surface area (Å²) < 4.78 is 98.7. The maximum Gasteiger partial charge on any atom is 0.303 e. The van der Waals surface area contributed by atoms with Gasteiger partial charge in [-0.2, -0.15) is 0 Å². The first-order chi connectivity index (χ1) is 36.5. The third-order valence-electron chi connectivity index (χ3n) is 11.2. The molecule has 34 heteroatoms. The third-order valence-corrected chi connectivity index (χ3v) is 11.2. The van der Waals surface area contributed by atoms with E-state index in [0.717, 1.165) is 69.2 Å². The van der Waals surface area contributed by atoms with Crippen LogP contribution < -0.4 is 0 Å². The van der Waals surface area contributed by atoms with Gasteiger partial charge < -0.3 is 80.5 Å². The van der Waals surface area contributed by atoms with Crippen LogP contribution in [0.1, 0.15) is 83.1 Å². The molecule has 0 N–H and O–H groups in total. The fourth-order valence-corrected chi connectivity index (χ4v) is 8.65. The Bertz CT molecular complexity index is 2280. The van der Waals surface area contributed by atoms with E-state index in [0.29, 0.717) is 0 Å². The molecule has 4 aliphatic heterocycles. The highest BCUT2D eigenvalue weighted by Gasteiger charge is 2.61. The van der Waals surface area contributed by atoms with Gasteiger partial charge in [-0.05, 0) is 19.4 Å². The van der Waals surface area contributed by atoms with E-state index in [-0.39, 0.29) is 0 Å². The van der Waals surface area contributed by atoms with Crippen LogP contribution in [0.2, 0.25) is 0 Å². The molecule has 0 saturated carbocycles.